The van der Waals surface area contributed by atoms with Gasteiger partial charge in [0.2, 0.25) is 0 Å². The smallest absolute Gasteiger partial charge is 0.141 e. The van der Waals surface area contributed by atoms with Crippen molar-refractivity contribution in [3.8, 4) is 0 Å². The van der Waals surface area contributed by atoms with E-state index < -0.39 is 0 Å². The van der Waals surface area contributed by atoms with E-state index in [9.17, 15) is 0 Å². The molecule has 0 fully saturated rings. The monoisotopic (exact) mass is 399 g/mol. The fourth-order valence-corrected chi connectivity index (χ4v) is 5.66. The van der Waals surface area contributed by atoms with Gasteiger partial charge in [0.25, 0.3) is 0 Å². The van der Waals surface area contributed by atoms with E-state index in [1.54, 1.807) is 6.33 Å². The topological polar surface area (TPSA) is 29.0 Å². The molecule has 0 aliphatic heterocycles. The number of thiophene rings is 1. The third kappa shape index (κ3) is 3.77. The molecule has 0 radical (unpaired) electrons. The van der Waals surface area contributed by atoms with Crippen molar-refractivity contribution in [2.75, 3.05) is 4.90 Å². The highest BCUT2D eigenvalue weighted by molar-refractivity contribution is 7.19. The summed E-state index contributed by atoms with van der Waals surface area (Å²) < 4.78 is 0. The first-order valence-electron chi connectivity index (χ1n) is 10.4. The van der Waals surface area contributed by atoms with Crippen LogP contribution in [0.25, 0.3) is 10.2 Å². The average molecular weight is 400 g/mol. The molecule has 3 nitrogen and oxygen atoms in total. The van der Waals surface area contributed by atoms with Crippen LogP contribution in [0, 0.1) is 5.92 Å². The van der Waals surface area contributed by atoms with Gasteiger partial charge in [-0.3, -0.25) is 0 Å². The van der Waals surface area contributed by atoms with E-state index in [1.807, 2.05) is 11.3 Å². The maximum absolute atomic E-state index is 4.82. The molecule has 0 N–H and O–H groups in total. The Balaban J connectivity index is 1.60. The number of hydrogen-bond donors (Lipinski definition) is 0. The van der Waals surface area contributed by atoms with E-state index >= 15 is 0 Å². The molecule has 1 unspecified atom stereocenters. The van der Waals surface area contributed by atoms with E-state index in [0.29, 0.717) is 0 Å². The minimum Gasteiger partial charge on any atom is -0.347 e. The van der Waals surface area contributed by atoms with Crippen LogP contribution < -0.4 is 4.90 Å². The molecule has 0 saturated carbocycles. The Morgan fingerprint density at radius 2 is 1.59 bits per heavy atom. The van der Waals surface area contributed by atoms with Gasteiger partial charge in [0.05, 0.1) is 5.39 Å². The second kappa shape index (κ2) is 7.96. The van der Waals surface area contributed by atoms with E-state index in [2.05, 4.69) is 77.5 Å². The zero-order chi connectivity index (χ0) is 19.6. The standard InChI is InChI=1S/C25H25N3S/c1-18-12-13-21-22(14-18)29-25-23(21)24(26-17-27-25)28(15-19-8-4-2-5-9-19)16-20-10-6-3-7-11-20/h2-11,17-18H,12-16H2,1H3. The van der Waals surface area contributed by atoms with E-state index in [-0.39, 0.29) is 0 Å². The zero-order valence-electron chi connectivity index (χ0n) is 16.7. The number of aromatic nitrogens is 2. The first-order valence-corrected chi connectivity index (χ1v) is 11.2. The Bertz CT molecular complexity index is 1060. The minimum absolute atomic E-state index is 0.761. The van der Waals surface area contributed by atoms with Gasteiger partial charge in [-0.2, -0.15) is 0 Å². The molecule has 1 aliphatic rings. The third-order valence-electron chi connectivity index (χ3n) is 5.80. The van der Waals surface area contributed by atoms with E-state index in [1.165, 1.54) is 39.8 Å². The zero-order valence-corrected chi connectivity index (χ0v) is 17.5. The van der Waals surface area contributed by atoms with Crippen LogP contribution in [0.15, 0.2) is 67.0 Å². The van der Waals surface area contributed by atoms with Crippen molar-refractivity contribution >= 4 is 27.4 Å². The number of nitrogens with zero attached hydrogens (tertiary/aromatic N) is 3. The molecule has 0 spiro atoms. The molecule has 0 saturated heterocycles. The van der Waals surface area contributed by atoms with Crippen LogP contribution >= 0.6 is 11.3 Å². The molecule has 146 valence electrons. The van der Waals surface area contributed by atoms with Crippen molar-refractivity contribution in [1.82, 2.24) is 9.97 Å². The average Bonchev–Trinajstić information content (AvgIpc) is 3.12. The molecule has 0 bridgehead atoms. The first-order chi connectivity index (χ1) is 14.3. The maximum Gasteiger partial charge on any atom is 0.141 e. The van der Waals surface area contributed by atoms with Crippen molar-refractivity contribution in [1.29, 1.82) is 0 Å². The number of hydrogen-bond acceptors (Lipinski definition) is 4. The van der Waals surface area contributed by atoms with E-state index in [4.69, 9.17) is 4.98 Å². The predicted octanol–water partition coefficient (Wildman–Crippen LogP) is 6.02. The summed E-state index contributed by atoms with van der Waals surface area (Å²) in [4.78, 5) is 14.5. The van der Waals surface area contributed by atoms with Gasteiger partial charge in [-0.15, -0.1) is 11.3 Å². The van der Waals surface area contributed by atoms with Crippen molar-refractivity contribution in [3.63, 3.8) is 0 Å². The first kappa shape index (κ1) is 18.3. The highest BCUT2D eigenvalue weighted by Gasteiger charge is 2.25. The molecule has 2 aromatic carbocycles. The summed E-state index contributed by atoms with van der Waals surface area (Å²) in [6, 6.07) is 21.4. The fourth-order valence-electron chi connectivity index (χ4n) is 4.31. The summed E-state index contributed by atoms with van der Waals surface area (Å²) in [6.07, 6.45) is 5.31. The summed E-state index contributed by atoms with van der Waals surface area (Å²) in [6.45, 7) is 4.03. The summed E-state index contributed by atoms with van der Waals surface area (Å²) in [7, 11) is 0. The van der Waals surface area contributed by atoms with Gasteiger partial charge >= 0.3 is 0 Å². The van der Waals surface area contributed by atoms with Crippen LogP contribution in [-0.4, -0.2) is 9.97 Å². The highest BCUT2D eigenvalue weighted by atomic mass is 32.1. The van der Waals surface area contributed by atoms with Crippen LogP contribution in [-0.2, 0) is 25.9 Å². The molecule has 4 aromatic rings. The minimum atomic E-state index is 0.761. The van der Waals surface area contributed by atoms with Crippen molar-refractivity contribution in [2.45, 2.75) is 39.3 Å². The Kier molecular flexibility index (Phi) is 5.03. The van der Waals surface area contributed by atoms with Crippen LogP contribution in [0.4, 0.5) is 5.82 Å². The lowest BCUT2D eigenvalue weighted by Crippen LogP contribution is -2.23. The van der Waals surface area contributed by atoms with Gasteiger partial charge in [-0.1, -0.05) is 67.6 Å². The summed E-state index contributed by atoms with van der Waals surface area (Å²) >= 11 is 1.87. The van der Waals surface area contributed by atoms with Crippen LogP contribution in [0.1, 0.15) is 34.9 Å². The SMILES string of the molecule is CC1CCc2c(sc3ncnc(N(Cc4ccccc4)Cc4ccccc4)c23)C1. The lowest BCUT2D eigenvalue weighted by molar-refractivity contribution is 0.509. The van der Waals surface area contributed by atoms with Gasteiger partial charge in [-0.05, 0) is 41.9 Å². The predicted molar refractivity (Wildman–Crippen MR) is 121 cm³/mol. The summed E-state index contributed by atoms with van der Waals surface area (Å²) in [5.41, 5.74) is 4.09. The molecule has 5 rings (SSSR count). The maximum atomic E-state index is 4.82. The van der Waals surface area contributed by atoms with Crippen LogP contribution in [0.2, 0.25) is 0 Å². The number of rotatable bonds is 5. The Morgan fingerprint density at radius 1 is 0.931 bits per heavy atom. The number of benzene rings is 2. The van der Waals surface area contributed by atoms with Gasteiger partial charge in [0, 0.05) is 18.0 Å². The lowest BCUT2D eigenvalue weighted by atomic mass is 9.89. The molecule has 29 heavy (non-hydrogen) atoms. The normalized spacial score (nSPS) is 16.0. The molecule has 2 heterocycles. The summed E-state index contributed by atoms with van der Waals surface area (Å²) in [5, 5.41) is 1.28. The number of fused-ring (bicyclic) bond motifs is 3. The fraction of sp³-hybridized carbons (Fsp3) is 0.280. The van der Waals surface area contributed by atoms with Gasteiger partial charge < -0.3 is 4.90 Å². The highest BCUT2D eigenvalue weighted by Crippen LogP contribution is 2.41. The van der Waals surface area contributed by atoms with Crippen molar-refractivity contribution in [3.05, 3.63) is 88.6 Å². The van der Waals surface area contributed by atoms with Crippen molar-refractivity contribution in [2.24, 2.45) is 5.92 Å². The molecule has 1 aliphatic carbocycles. The largest absolute Gasteiger partial charge is 0.347 e. The Morgan fingerprint density at radius 3 is 2.24 bits per heavy atom. The van der Waals surface area contributed by atoms with Crippen molar-refractivity contribution < 1.29 is 0 Å². The second-order valence-corrected chi connectivity index (χ2v) is 9.14. The van der Waals surface area contributed by atoms with Gasteiger partial charge in [-0.25, -0.2) is 9.97 Å². The number of aryl methyl sites for hydroxylation is 1. The second-order valence-electron chi connectivity index (χ2n) is 8.06. The molecular formula is C25H25N3S. The van der Waals surface area contributed by atoms with Crippen LogP contribution in [0.5, 0.6) is 0 Å². The molecule has 1 atom stereocenters. The molecule has 4 heteroatoms. The molecule has 2 aromatic heterocycles. The third-order valence-corrected chi connectivity index (χ3v) is 6.97. The summed E-state index contributed by atoms with van der Waals surface area (Å²) in [5.74, 6) is 1.84. The number of anilines is 1. The quantitative estimate of drug-likeness (QED) is 0.411. The Labute approximate surface area is 176 Å². The van der Waals surface area contributed by atoms with Gasteiger partial charge in [0.15, 0.2) is 0 Å². The molecular weight excluding hydrogens is 374 g/mol. The van der Waals surface area contributed by atoms with E-state index in [0.717, 1.165) is 36.1 Å². The molecule has 0 amide bonds. The van der Waals surface area contributed by atoms with Crippen LogP contribution in [0.3, 0.4) is 0 Å². The lowest BCUT2D eigenvalue weighted by Gasteiger charge is -2.26. The van der Waals surface area contributed by atoms with Gasteiger partial charge in [0.1, 0.15) is 17.0 Å². The Hall–Kier alpha value is -2.72.